The molecule has 2 aliphatic rings. The smallest absolute Gasteiger partial charge is 0.231 e. The van der Waals surface area contributed by atoms with E-state index in [1.807, 2.05) is 12.1 Å². The van der Waals surface area contributed by atoms with E-state index in [2.05, 4.69) is 12.2 Å². The number of hydrogen-bond donors (Lipinski definition) is 1. The summed E-state index contributed by atoms with van der Waals surface area (Å²) in [6, 6.07) is 4.07. The Labute approximate surface area is 126 Å². The molecular weight excluding hydrogens is 266 g/mol. The molecule has 0 radical (unpaired) electrons. The van der Waals surface area contributed by atoms with Gasteiger partial charge in [-0.2, -0.15) is 0 Å². The van der Waals surface area contributed by atoms with Crippen molar-refractivity contribution in [2.24, 2.45) is 11.8 Å². The molecule has 0 aromatic heterocycles. The van der Waals surface area contributed by atoms with Gasteiger partial charge in [0.05, 0.1) is 7.11 Å². The van der Waals surface area contributed by atoms with Crippen LogP contribution in [0.1, 0.15) is 38.2 Å². The van der Waals surface area contributed by atoms with E-state index in [9.17, 15) is 0 Å². The van der Waals surface area contributed by atoms with E-state index in [0.717, 1.165) is 42.2 Å². The number of hydrogen-bond acceptors (Lipinski definition) is 4. The summed E-state index contributed by atoms with van der Waals surface area (Å²) in [4.78, 5) is 0. The maximum Gasteiger partial charge on any atom is 0.231 e. The lowest BCUT2D eigenvalue weighted by Crippen LogP contribution is -2.25. The predicted octanol–water partition coefficient (Wildman–Crippen LogP) is 3.34. The molecule has 1 aliphatic heterocycles. The molecule has 21 heavy (non-hydrogen) atoms. The van der Waals surface area contributed by atoms with Gasteiger partial charge in [-0.15, -0.1) is 0 Å². The predicted molar refractivity (Wildman–Crippen MR) is 81.9 cm³/mol. The third kappa shape index (κ3) is 3.43. The van der Waals surface area contributed by atoms with Crippen LogP contribution in [0.4, 0.5) is 0 Å². The first kappa shape index (κ1) is 14.5. The quantitative estimate of drug-likeness (QED) is 0.903. The Hall–Kier alpha value is -1.42. The van der Waals surface area contributed by atoms with Crippen LogP contribution in [-0.4, -0.2) is 20.4 Å². The van der Waals surface area contributed by atoms with Crippen molar-refractivity contribution < 1.29 is 14.2 Å². The molecule has 0 spiro atoms. The van der Waals surface area contributed by atoms with Gasteiger partial charge < -0.3 is 19.5 Å². The Morgan fingerprint density at radius 3 is 2.76 bits per heavy atom. The molecule has 4 heteroatoms. The molecule has 116 valence electrons. The minimum atomic E-state index is 0.281. The summed E-state index contributed by atoms with van der Waals surface area (Å²) in [5, 5.41) is 3.58. The van der Waals surface area contributed by atoms with Gasteiger partial charge in [0.25, 0.3) is 0 Å². The zero-order valence-corrected chi connectivity index (χ0v) is 13.0. The van der Waals surface area contributed by atoms with Gasteiger partial charge in [0.2, 0.25) is 12.5 Å². The van der Waals surface area contributed by atoms with Crippen molar-refractivity contribution in [1.82, 2.24) is 5.32 Å². The molecule has 4 nitrogen and oxygen atoms in total. The Morgan fingerprint density at radius 2 is 2.00 bits per heavy atom. The van der Waals surface area contributed by atoms with Crippen LogP contribution in [0.15, 0.2) is 12.1 Å². The average molecular weight is 291 g/mol. The number of rotatable bonds is 5. The maximum atomic E-state index is 5.46. The number of benzene rings is 1. The standard InChI is InChI=1S/C17H25NO3/c1-12-3-5-13(6-4-12)9-18-10-14-7-15(19-2)17-16(8-14)20-11-21-17/h7-8,12-13,18H,3-6,9-11H2,1-2H3. The highest BCUT2D eigenvalue weighted by Gasteiger charge is 2.20. The van der Waals surface area contributed by atoms with Crippen LogP contribution < -0.4 is 19.5 Å². The van der Waals surface area contributed by atoms with Crippen LogP contribution in [0.2, 0.25) is 0 Å². The lowest BCUT2D eigenvalue weighted by Gasteiger charge is -2.26. The van der Waals surface area contributed by atoms with Gasteiger partial charge in [-0.1, -0.05) is 19.8 Å². The monoisotopic (exact) mass is 291 g/mol. The van der Waals surface area contributed by atoms with Crippen molar-refractivity contribution in [1.29, 1.82) is 0 Å². The summed E-state index contributed by atoms with van der Waals surface area (Å²) < 4.78 is 16.3. The minimum absolute atomic E-state index is 0.281. The Balaban J connectivity index is 1.53. The van der Waals surface area contributed by atoms with Crippen molar-refractivity contribution in [3.63, 3.8) is 0 Å². The van der Waals surface area contributed by atoms with Gasteiger partial charge in [-0.25, -0.2) is 0 Å². The highest BCUT2D eigenvalue weighted by molar-refractivity contribution is 5.55. The number of methoxy groups -OCH3 is 1. The number of nitrogens with one attached hydrogen (secondary N) is 1. The van der Waals surface area contributed by atoms with Gasteiger partial charge in [0, 0.05) is 6.54 Å². The largest absolute Gasteiger partial charge is 0.493 e. The van der Waals surface area contributed by atoms with Crippen molar-refractivity contribution in [3.8, 4) is 17.2 Å². The molecule has 1 aromatic rings. The van der Waals surface area contributed by atoms with Gasteiger partial charge in [-0.05, 0) is 48.9 Å². The van der Waals surface area contributed by atoms with Gasteiger partial charge >= 0.3 is 0 Å². The number of fused-ring (bicyclic) bond motifs is 1. The molecule has 0 saturated heterocycles. The molecule has 1 saturated carbocycles. The second kappa shape index (κ2) is 6.56. The van der Waals surface area contributed by atoms with Crippen LogP contribution in [0.5, 0.6) is 17.2 Å². The second-order valence-corrected chi connectivity index (χ2v) is 6.29. The van der Waals surface area contributed by atoms with E-state index in [0.29, 0.717) is 0 Å². The average Bonchev–Trinajstić information content (AvgIpc) is 2.97. The zero-order chi connectivity index (χ0) is 14.7. The fourth-order valence-electron chi connectivity index (χ4n) is 3.24. The first-order valence-corrected chi connectivity index (χ1v) is 7.93. The Bertz CT molecular complexity index is 481. The van der Waals surface area contributed by atoms with Crippen molar-refractivity contribution >= 4 is 0 Å². The van der Waals surface area contributed by atoms with Crippen LogP contribution in [0.3, 0.4) is 0 Å². The molecule has 1 fully saturated rings. The van der Waals surface area contributed by atoms with E-state index in [1.165, 1.54) is 31.2 Å². The summed E-state index contributed by atoms with van der Waals surface area (Å²) in [6.07, 6.45) is 5.48. The lowest BCUT2D eigenvalue weighted by atomic mass is 9.83. The third-order valence-corrected chi connectivity index (χ3v) is 4.62. The van der Waals surface area contributed by atoms with E-state index >= 15 is 0 Å². The summed E-state index contributed by atoms with van der Waals surface area (Å²) >= 11 is 0. The molecule has 3 rings (SSSR count). The minimum Gasteiger partial charge on any atom is -0.493 e. The van der Waals surface area contributed by atoms with E-state index in [1.54, 1.807) is 7.11 Å². The van der Waals surface area contributed by atoms with E-state index in [-0.39, 0.29) is 6.79 Å². The molecule has 0 unspecified atom stereocenters. The Kier molecular flexibility index (Phi) is 4.54. The van der Waals surface area contributed by atoms with Crippen molar-refractivity contribution in [2.45, 2.75) is 39.2 Å². The first-order chi connectivity index (χ1) is 10.3. The van der Waals surface area contributed by atoms with E-state index < -0.39 is 0 Å². The van der Waals surface area contributed by atoms with Crippen LogP contribution in [0, 0.1) is 11.8 Å². The molecule has 0 amide bonds. The van der Waals surface area contributed by atoms with E-state index in [4.69, 9.17) is 14.2 Å². The molecule has 1 N–H and O–H groups in total. The summed E-state index contributed by atoms with van der Waals surface area (Å²) in [5.74, 6) is 4.02. The number of ether oxygens (including phenoxy) is 3. The normalized spacial score (nSPS) is 24.1. The fraction of sp³-hybridized carbons (Fsp3) is 0.647. The summed E-state index contributed by atoms with van der Waals surface area (Å²) in [7, 11) is 1.66. The van der Waals surface area contributed by atoms with Crippen LogP contribution in [0.25, 0.3) is 0 Å². The summed E-state index contributed by atoms with van der Waals surface area (Å²) in [6.45, 7) is 4.59. The summed E-state index contributed by atoms with van der Waals surface area (Å²) in [5.41, 5.74) is 1.18. The highest BCUT2D eigenvalue weighted by Crippen LogP contribution is 2.41. The SMILES string of the molecule is COc1cc(CNCC2CCC(C)CC2)cc2c1OCO2. The zero-order valence-electron chi connectivity index (χ0n) is 13.0. The molecule has 0 bridgehead atoms. The third-order valence-electron chi connectivity index (χ3n) is 4.62. The van der Waals surface area contributed by atoms with Crippen LogP contribution in [-0.2, 0) is 6.54 Å². The van der Waals surface area contributed by atoms with Gasteiger partial charge in [-0.3, -0.25) is 0 Å². The van der Waals surface area contributed by atoms with Crippen molar-refractivity contribution in [3.05, 3.63) is 17.7 Å². The fourth-order valence-corrected chi connectivity index (χ4v) is 3.24. The molecule has 0 atom stereocenters. The molecule has 1 aromatic carbocycles. The second-order valence-electron chi connectivity index (χ2n) is 6.29. The molecular formula is C17H25NO3. The molecule has 1 aliphatic carbocycles. The topological polar surface area (TPSA) is 39.7 Å². The van der Waals surface area contributed by atoms with Crippen LogP contribution >= 0.6 is 0 Å². The van der Waals surface area contributed by atoms with Crippen molar-refractivity contribution in [2.75, 3.05) is 20.4 Å². The molecule has 1 heterocycles. The highest BCUT2D eigenvalue weighted by atomic mass is 16.7. The van der Waals surface area contributed by atoms with Gasteiger partial charge in [0.1, 0.15) is 0 Å². The van der Waals surface area contributed by atoms with Gasteiger partial charge in [0.15, 0.2) is 11.5 Å². The first-order valence-electron chi connectivity index (χ1n) is 7.93. The Morgan fingerprint density at radius 1 is 1.19 bits per heavy atom. The maximum absolute atomic E-state index is 5.46. The lowest BCUT2D eigenvalue weighted by molar-refractivity contribution is 0.171.